The highest BCUT2D eigenvalue weighted by Gasteiger charge is 2.16. The lowest BCUT2D eigenvalue weighted by molar-refractivity contribution is -0.112. The number of Topliss-reactive ketones (excluding diaryl/α,β-unsaturated/α-hetero) is 1. The van der Waals surface area contributed by atoms with Crippen LogP contribution < -0.4 is 5.32 Å². The number of nitrogens with one attached hydrogen (secondary N) is 1. The first-order chi connectivity index (χ1) is 12.1. The van der Waals surface area contributed by atoms with Gasteiger partial charge in [0.05, 0.1) is 0 Å². The van der Waals surface area contributed by atoms with Crippen molar-refractivity contribution < 1.29 is 9.59 Å². The number of aromatic nitrogens is 1. The number of amides is 1. The number of hydrogen-bond acceptors (Lipinski definition) is 4. The van der Waals surface area contributed by atoms with E-state index in [2.05, 4.69) is 10.3 Å². The van der Waals surface area contributed by atoms with Gasteiger partial charge in [-0.05, 0) is 43.3 Å². The van der Waals surface area contributed by atoms with Crippen LogP contribution in [0.1, 0.15) is 15.9 Å². The van der Waals surface area contributed by atoms with Crippen LogP contribution in [0.25, 0.3) is 0 Å². The van der Waals surface area contributed by atoms with E-state index >= 15 is 0 Å². The van der Waals surface area contributed by atoms with Crippen LogP contribution in [0.5, 0.6) is 0 Å². The quantitative estimate of drug-likeness (QED) is 0.550. The number of pyridine rings is 1. The molecule has 0 bridgehead atoms. The first-order valence-corrected chi connectivity index (χ1v) is 8.54. The molecule has 1 heterocycles. The monoisotopic (exact) mass is 348 g/mol. The van der Waals surface area contributed by atoms with Crippen LogP contribution in [-0.4, -0.2) is 16.7 Å². The number of hydrogen-bond donors (Lipinski definition) is 1. The standard InChI is InChI=1S/C20H16N2O2S/c1-14-2-4-15(5-3-14)19(23)20(24)22-16-6-8-17(9-7-16)25-18-10-12-21-13-11-18/h2-13H,1H3,(H,22,24). The largest absolute Gasteiger partial charge is 0.319 e. The summed E-state index contributed by atoms with van der Waals surface area (Å²) < 4.78 is 0. The van der Waals surface area contributed by atoms with Crippen molar-refractivity contribution in [3.8, 4) is 0 Å². The summed E-state index contributed by atoms with van der Waals surface area (Å²) in [4.78, 5) is 30.4. The van der Waals surface area contributed by atoms with Gasteiger partial charge in [-0.15, -0.1) is 0 Å². The van der Waals surface area contributed by atoms with Crippen molar-refractivity contribution in [3.63, 3.8) is 0 Å². The van der Waals surface area contributed by atoms with Crippen molar-refractivity contribution in [1.29, 1.82) is 0 Å². The third kappa shape index (κ3) is 4.55. The molecule has 0 saturated carbocycles. The predicted molar refractivity (Wildman–Crippen MR) is 98.9 cm³/mol. The van der Waals surface area contributed by atoms with Gasteiger partial charge < -0.3 is 5.32 Å². The SMILES string of the molecule is Cc1ccc(C(=O)C(=O)Nc2ccc(Sc3ccncc3)cc2)cc1. The fourth-order valence-electron chi connectivity index (χ4n) is 2.17. The fraction of sp³-hybridized carbons (Fsp3) is 0.0500. The summed E-state index contributed by atoms with van der Waals surface area (Å²) in [6, 6.07) is 18.2. The number of anilines is 1. The third-order valence-corrected chi connectivity index (χ3v) is 4.53. The molecular formula is C20H16N2O2S. The van der Waals surface area contributed by atoms with Crippen molar-refractivity contribution in [2.75, 3.05) is 5.32 Å². The van der Waals surface area contributed by atoms with Crippen LogP contribution >= 0.6 is 11.8 Å². The van der Waals surface area contributed by atoms with Crippen LogP contribution in [-0.2, 0) is 4.79 Å². The Hall–Kier alpha value is -2.92. The number of carbonyl (C=O) groups is 2. The predicted octanol–water partition coefficient (Wildman–Crippen LogP) is 4.36. The molecule has 0 aliphatic rings. The summed E-state index contributed by atoms with van der Waals surface area (Å²) in [5.74, 6) is -1.19. The van der Waals surface area contributed by atoms with Gasteiger partial charge in [-0.3, -0.25) is 14.6 Å². The summed E-state index contributed by atoms with van der Waals surface area (Å²) in [6.45, 7) is 1.93. The van der Waals surface area contributed by atoms with E-state index < -0.39 is 11.7 Å². The Morgan fingerprint density at radius 3 is 2.08 bits per heavy atom. The summed E-state index contributed by atoms with van der Waals surface area (Å²) in [5, 5.41) is 2.64. The fourth-order valence-corrected chi connectivity index (χ4v) is 2.97. The molecule has 124 valence electrons. The maximum Gasteiger partial charge on any atom is 0.296 e. The lowest BCUT2D eigenvalue weighted by Crippen LogP contribution is -2.22. The second kappa shape index (κ2) is 7.77. The molecular weight excluding hydrogens is 332 g/mol. The Balaban J connectivity index is 1.63. The number of rotatable bonds is 5. The number of benzene rings is 2. The lowest BCUT2D eigenvalue weighted by Gasteiger charge is -2.06. The summed E-state index contributed by atoms with van der Waals surface area (Å²) in [7, 11) is 0. The van der Waals surface area contributed by atoms with E-state index in [-0.39, 0.29) is 0 Å². The molecule has 3 aromatic rings. The van der Waals surface area contributed by atoms with E-state index in [1.807, 2.05) is 43.3 Å². The average Bonchev–Trinajstić information content (AvgIpc) is 2.64. The number of aryl methyl sites for hydroxylation is 1. The smallest absolute Gasteiger partial charge is 0.296 e. The van der Waals surface area contributed by atoms with Gasteiger partial charge in [0.1, 0.15) is 0 Å². The van der Waals surface area contributed by atoms with Crippen molar-refractivity contribution in [3.05, 3.63) is 84.2 Å². The number of ketones is 1. The Morgan fingerprint density at radius 1 is 0.840 bits per heavy atom. The highest BCUT2D eigenvalue weighted by Crippen LogP contribution is 2.27. The van der Waals surface area contributed by atoms with Gasteiger partial charge in [0.15, 0.2) is 0 Å². The molecule has 4 nitrogen and oxygen atoms in total. The molecule has 0 unspecified atom stereocenters. The van der Waals surface area contributed by atoms with Crippen LogP contribution in [0.3, 0.4) is 0 Å². The van der Waals surface area contributed by atoms with E-state index in [0.29, 0.717) is 11.3 Å². The Bertz CT molecular complexity index is 876. The average molecular weight is 348 g/mol. The Kier molecular flexibility index (Phi) is 5.26. The summed E-state index contributed by atoms with van der Waals surface area (Å²) in [5.41, 5.74) is 2.01. The highest BCUT2D eigenvalue weighted by molar-refractivity contribution is 7.99. The molecule has 0 aliphatic carbocycles. The molecule has 0 spiro atoms. The third-order valence-electron chi connectivity index (χ3n) is 3.52. The lowest BCUT2D eigenvalue weighted by atomic mass is 10.1. The molecule has 3 rings (SSSR count). The Morgan fingerprint density at radius 2 is 1.44 bits per heavy atom. The van der Waals surface area contributed by atoms with Crippen LogP contribution in [0.15, 0.2) is 82.8 Å². The van der Waals surface area contributed by atoms with E-state index in [4.69, 9.17) is 0 Å². The minimum absolute atomic E-state index is 0.382. The molecule has 0 fully saturated rings. The normalized spacial score (nSPS) is 10.3. The van der Waals surface area contributed by atoms with Crippen LogP contribution in [0.2, 0.25) is 0 Å². The zero-order valence-electron chi connectivity index (χ0n) is 13.6. The van der Waals surface area contributed by atoms with Gasteiger partial charge >= 0.3 is 0 Å². The molecule has 1 aromatic heterocycles. The molecule has 0 radical (unpaired) electrons. The minimum Gasteiger partial charge on any atom is -0.319 e. The van der Waals surface area contributed by atoms with Gasteiger partial charge in [0, 0.05) is 33.4 Å². The highest BCUT2D eigenvalue weighted by atomic mass is 32.2. The van der Waals surface area contributed by atoms with Crippen LogP contribution in [0.4, 0.5) is 5.69 Å². The second-order valence-corrected chi connectivity index (χ2v) is 6.61. The van der Waals surface area contributed by atoms with Crippen LogP contribution in [0, 0.1) is 6.92 Å². The molecule has 0 saturated heterocycles. The minimum atomic E-state index is -0.640. The number of nitrogens with zero attached hydrogens (tertiary/aromatic N) is 1. The zero-order valence-corrected chi connectivity index (χ0v) is 14.4. The molecule has 5 heteroatoms. The summed E-state index contributed by atoms with van der Waals surface area (Å²) >= 11 is 1.60. The zero-order chi connectivity index (χ0) is 17.6. The molecule has 25 heavy (non-hydrogen) atoms. The molecule has 0 atom stereocenters. The van der Waals surface area contributed by atoms with E-state index in [0.717, 1.165) is 15.4 Å². The first-order valence-electron chi connectivity index (χ1n) is 7.72. The first kappa shape index (κ1) is 16.9. The van der Waals surface area contributed by atoms with Crippen molar-refractivity contribution in [1.82, 2.24) is 4.98 Å². The maximum atomic E-state index is 12.1. The van der Waals surface area contributed by atoms with Gasteiger partial charge in [0.2, 0.25) is 0 Å². The summed E-state index contributed by atoms with van der Waals surface area (Å²) in [6.07, 6.45) is 3.49. The van der Waals surface area contributed by atoms with E-state index in [1.54, 1.807) is 48.4 Å². The van der Waals surface area contributed by atoms with Crippen molar-refractivity contribution >= 4 is 29.1 Å². The molecule has 0 aliphatic heterocycles. The molecule has 1 amide bonds. The van der Waals surface area contributed by atoms with Gasteiger partial charge in [-0.2, -0.15) is 0 Å². The van der Waals surface area contributed by atoms with Gasteiger partial charge in [-0.1, -0.05) is 41.6 Å². The van der Waals surface area contributed by atoms with Gasteiger partial charge in [0.25, 0.3) is 11.7 Å². The second-order valence-electron chi connectivity index (χ2n) is 5.46. The molecule has 1 N–H and O–H groups in total. The maximum absolute atomic E-state index is 12.1. The van der Waals surface area contributed by atoms with Gasteiger partial charge in [-0.25, -0.2) is 0 Å². The molecule has 2 aromatic carbocycles. The van der Waals surface area contributed by atoms with Crippen molar-refractivity contribution in [2.24, 2.45) is 0 Å². The number of carbonyl (C=O) groups excluding carboxylic acids is 2. The van der Waals surface area contributed by atoms with Crippen molar-refractivity contribution in [2.45, 2.75) is 16.7 Å². The van der Waals surface area contributed by atoms with E-state index in [9.17, 15) is 9.59 Å². The Labute approximate surface area is 150 Å². The van der Waals surface area contributed by atoms with E-state index in [1.165, 1.54) is 0 Å². The topological polar surface area (TPSA) is 59.1 Å².